The number of carbonyl (C=O) groups excluding carboxylic acids is 5. The minimum Gasteiger partial charge on any atom is -0.467 e. The lowest BCUT2D eigenvalue weighted by Gasteiger charge is -2.33. The van der Waals surface area contributed by atoms with Gasteiger partial charge in [-0.25, -0.2) is 14.4 Å². The first kappa shape index (κ1) is 46.0. The van der Waals surface area contributed by atoms with Gasteiger partial charge < -0.3 is 40.7 Å². The van der Waals surface area contributed by atoms with Crippen molar-refractivity contribution in [1.29, 1.82) is 0 Å². The zero-order chi connectivity index (χ0) is 42.1. The summed E-state index contributed by atoms with van der Waals surface area (Å²) in [5, 5.41) is 23.3. The summed E-state index contributed by atoms with van der Waals surface area (Å²) < 4.78 is 10.4. The summed E-state index contributed by atoms with van der Waals surface area (Å²) in [6.07, 6.45) is -1.47. The van der Waals surface area contributed by atoms with E-state index in [0.717, 1.165) is 16.7 Å². The molecular formula is C44H61N5O8. The maximum Gasteiger partial charge on any atom is 0.408 e. The topological polar surface area (TPSA) is 175 Å². The number of nitrogens with zero attached hydrogens (tertiary/aromatic N) is 1. The number of nitrogens with one attached hydrogen (secondary N) is 4. The number of hydrogen-bond acceptors (Lipinski definition) is 8. The van der Waals surface area contributed by atoms with E-state index in [0.29, 0.717) is 0 Å². The molecule has 57 heavy (non-hydrogen) atoms. The van der Waals surface area contributed by atoms with Crippen LogP contribution in [-0.2, 0) is 43.2 Å². The van der Waals surface area contributed by atoms with Gasteiger partial charge in [0.15, 0.2) is 0 Å². The van der Waals surface area contributed by atoms with Gasteiger partial charge in [0.25, 0.3) is 0 Å². The monoisotopic (exact) mass is 787 g/mol. The number of ether oxygens (including phenoxy) is 2. The number of amides is 5. The molecule has 3 rings (SSSR count). The van der Waals surface area contributed by atoms with Crippen LogP contribution in [0.5, 0.6) is 0 Å². The molecule has 0 unspecified atom stereocenters. The number of benzene rings is 3. The van der Waals surface area contributed by atoms with Crippen LogP contribution in [0, 0.1) is 11.8 Å². The molecule has 0 bridgehead atoms. The van der Waals surface area contributed by atoms with Gasteiger partial charge >= 0.3 is 18.1 Å². The third kappa shape index (κ3) is 16.3. The summed E-state index contributed by atoms with van der Waals surface area (Å²) in [4.78, 5) is 68.8. The summed E-state index contributed by atoms with van der Waals surface area (Å²) in [7, 11) is 1.25. The van der Waals surface area contributed by atoms with Crippen molar-refractivity contribution < 1.29 is 38.6 Å². The van der Waals surface area contributed by atoms with Crippen LogP contribution >= 0.6 is 0 Å². The highest BCUT2D eigenvalue weighted by atomic mass is 16.6. The number of aliphatic hydroxyl groups excluding tert-OH is 1. The lowest BCUT2D eigenvalue weighted by Crippen LogP contribution is -2.58. The Labute approximate surface area is 337 Å². The molecule has 5 amide bonds. The molecule has 0 fully saturated rings. The molecular weight excluding hydrogens is 727 g/mol. The van der Waals surface area contributed by atoms with Crippen molar-refractivity contribution in [2.24, 2.45) is 11.8 Å². The minimum atomic E-state index is -1.32. The van der Waals surface area contributed by atoms with Gasteiger partial charge in [-0.15, -0.1) is 0 Å². The Kier molecular flexibility index (Phi) is 18.0. The van der Waals surface area contributed by atoms with Crippen LogP contribution in [0.3, 0.4) is 0 Å². The van der Waals surface area contributed by atoms with E-state index in [1.54, 1.807) is 34.6 Å². The molecule has 0 radical (unpaired) electrons. The number of alkyl carbamates (subject to hydrolysis) is 1. The highest BCUT2D eigenvalue weighted by Crippen LogP contribution is 2.15. The maximum absolute atomic E-state index is 14.2. The van der Waals surface area contributed by atoms with E-state index in [9.17, 15) is 29.1 Å². The highest BCUT2D eigenvalue weighted by Gasteiger charge is 2.34. The third-order valence-corrected chi connectivity index (χ3v) is 9.03. The zero-order valence-electron chi connectivity index (χ0n) is 34.5. The van der Waals surface area contributed by atoms with Crippen molar-refractivity contribution in [2.45, 2.75) is 110 Å². The van der Waals surface area contributed by atoms with Crippen LogP contribution in [0.15, 0.2) is 91.0 Å². The van der Waals surface area contributed by atoms with Crippen LogP contribution in [-0.4, -0.2) is 89.4 Å². The van der Waals surface area contributed by atoms with E-state index < -0.39 is 65.8 Å². The molecule has 0 aliphatic carbocycles. The Morgan fingerprint density at radius 2 is 1.19 bits per heavy atom. The second-order valence-corrected chi connectivity index (χ2v) is 16.0. The zero-order valence-corrected chi connectivity index (χ0v) is 34.5. The van der Waals surface area contributed by atoms with Crippen molar-refractivity contribution >= 4 is 29.9 Å². The molecule has 3 aromatic rings. The molecule has 0 spiro atoms. The fourth-order valence-electron chi connectivity index (χ4n) is 6.14. The molecule has 13 nitrogen and oxygen atoms in total. The minimum absolute atomic E-state index is 0.00609. The molecule has 5 N–H and O–H groups in total. The SMILES string of the molecule is COC(=O)[C@H](NC(=O)[C@@H](CC(C)C)NC(=O)N(Cc1ccccc1)C[C@@H](O)[C@@H](Cc1ccccc1)NC(=O)[C@@H](Cc1ccccc1)NC(=O)OC(C)(C)C)C(C)C. The van der Waals surface area contributed by atoms with Crippen LogP contribution in [0.25, 0.3) is 0 Å². The van der Waals surface area contributed by atoms with Gasteiger partial charge in [0.2, 0.25) is 11.8 Å². The van der Waals surface area contributed by atoms with Crippen LogP contribution in [0.4, 0.5) is 9.59 Å². The Balaban J connectivity index is 1.95. The average Bonchev–Trinajstić information content (AvgIpc) is 3.15. The molecule has 3 aromatic carbocycles. The van der Waals surface area contributed by atoms with Crippen LogP contribution < -0.4 is 21.3 Å². The molecule has 0 aliphatic rings. The maximum atomic E-state index is 14.2. The van der Waals surface area contributed by atoms with Crippen molar-refractivity contribution in [2.75, 3.05) is 13.7 Å². The molecule has 0 saturated carbocycles. The molecule has 5 atom stereocenters. The Bertz CT molecular complexity index is 1720. The average molecular weight is 788 g/mol. The number of esters is 1. The van der Waals surface area contributed by atoms with Crippen LogP contribution in [0.1, 0.15) is 71.6 Å². The molecule has 310 valence electrons. The van der Waals surface area contributed by atoms with E-state index >= 15 is 0 Å². The summed E-state index contributed by atoms with van der Waals surface area (Å²) in [6.45, 7) is 12.4. The summed E-state index contributed by atoms with van der Waals surface area (Å²) in [5.74, 6) is -1.97. The van der Waals surface area contributed by atoms with E-state index in [2.05, 4.69) is 21.3 Å². The first-order chi connectivity index (χ1) is 26.9. The van der Waals surface area contributed by atoms with Crippen LogP contribution in [0.2, 0.25) is 0 Å². The number of hydrogen-bond donors (Lipinski definition) is 5. The number of rotatable bonds is 19. The Hall–Kier alpha value is -5.43. The first-order valence-electron chi connectivity index (χ1n) is 19.5. The Morgan fingerprint density at radius 1 is 0.684 bits per heavy atom. The molecule has 0 aliphatic heterocycles. The first-order valence-corrected chi connectivity index (χ1v) is 19.5. The third-order valence-electron chi connectivity index (χ3n) is 9.03. The van der Waals surface area contributed by atoms with Gasteiger partial charge in [0.05, 0.1) is 25.8 Å². The number of urea groups is 1. The van der Waals surface area contributed by atoms with Crippen molar-refractivity contribution in [3.63, 3.8) is 0 Å². The van der Waals surface area contributed by atoms with Gasteiger partial charge in [0.1, 0.15) is 23.7 Å². The van der Waals surface area contributed by atoms with Gasteiger partial charge in [-0.1, -0.05) is 119 Å². The smallest absolute Gasteiger partial charge is 0.408 e. The second-order valence-electron chi connectivity index (χ2n) is 16.0. The van der Waals surface area contributed by atoms with E-state index in [1.807, 2.05) is 105 Å². The van der Waals surface area contributed by atoms with Gasteiger partial charge in [0, 0.05) is 13.0 Å². The fourth-order valence-corrected chi connectivity index (χ4v) is 6.14. The quantitative estimate of drug-likeness (QED) is 0.104. The largest absolute Gasteiger partial charge is 0.467 e. The molecule has 0 heterocycles. The number of aliphatic hydroxyl groups is 1. The Morgan fingerprint density at radius 3 is 1.68 bits per heavy atom. The summed E-state index contributed by atoms with van der Waals surface area (Å²) in [6, 6.07) is 23.2. The second kappa shape index (κ2) is 22.3. The lowest BCUT2D eigenvalue weighted by atomic mass is 9.99. The fraction of sp³-hybridized carbons (Fsp3) is 0.477. The molecule has 0 saturated heterocycles. The predicted octanol–water partition coefficient (Wildman–Crippen LogP) is 5.15. The number of carbonyl (C=O) groups is 5. The number of methoxy groups -OCH3 is 1. The normalized spacial score (nSPS) is 14.0. The summed E-state index contributed by atoms with van der Waals surface area (Å²) >= 11 is 0. The standard InChI is InChI=1S/C44H61N5O8/c1-29(2)24-35(40(52)48-38(30(3)4)41(53)56-8)46-42(54)49(27-33-22-16-11-17-23-33)28-37(50)34(25-31-18-12-9-13-19-31)45-39(51)36(26-32-20-14-10-15-21-32)47-43(55)57-44(5,6)7/h9-23,29-30,34-38,50H,24-28H2,1-8H3,(H,45,51)(H,46,54)(H,47,55)(H,48,52)/t34-,35-,36-,37-,38-/m1/s1. The molecule has 13 heteroatoms. The van der Waals surface area contributed by atoms with Crippen molar-refractivity contribution in [3.05, 3.63) is 108 Å². The van der Waals surface area contributed by atoms with Gasteiger partial charge in [-0.3, -0.25) is 9.59 Å². The van der Waals surface area contributed by atoms with Gasteiger partial charge in [-0.05, 0) is 62.1 Å². The lowest BCUT2D eigenvalue weighted by molar-refractivity contribution is -0.146. The predicted molar refractivity (Wildman–Crippen MR) is 219 cm³/mol. The van der Waals surface area contributed by atoms with Crippen molar-refractivity contribution in [3.8, 4) is 0 Å². The summed E-state index contributed by atoms with van der Waals surface area (Å²) in [5.41, 5.74) is 1.58. The van der Waals surface area contributed by atoms with E-state index in [1.165, 1.54) is 12.0 Å². The highest BCUT2D eigenvalue weighted by molar-refractivity contribution is 5.90. The van der Waals surface area contributed by atoms with E-state index in [4.69, 9.17) is 9.47 Å². The van der Waals surface area contributed by atoms with Crippen molar-refractivity contribution in [1.82, 2.24) is 26.2 Å². The van der Waals surface area contributed by atoms with E-state index in [-0.39, 0.29) is 44.2 Å². The molecule has 0 aromatic heterocycles. The van der Waals surface area contributed by atoms with Gasteiger partial charge in [-0.2, -0.15) is 0 Å².